The number of methoxy groups -OCH3 is 1. The zero-order valence-corrected chi connectivity index (χ0v) is 12.4. The first-order valence-electron chi connectivity index (χ1n) is 6.18. The van der Waals surface area contributed by atoms with Crippen molar-refractivity contribution in [3.63, 3.8) is 0 Å². The number of ether oxygens (including phenoxy) is 2. The lowest BCUT2D eigenvalue weighted by Gasteiger charge is -2.12. The SMILES string of the molecule is COc1cccc(C=NNc2nc(N)cs2)c1OCC(F)F. The van der Waals surface area contributed by atoms with Crippen molar-refractivity contribution in [2.75, 3.05) is 24.9 Å². The van der Waals surface area contributed by atoms with Gasteiger partial charge in [-0.2, -0.15) is 5.10 Å². The number of rotatable bonds is 7. The molecule has 2 aromatic rings. The molecule has 0 spiro atoms. The molecule has 0 radical (unpaired) electrons. The third kappa shape index (κ3) is 4.29. The van der Waals surface area contributed by atoms with Crippen LogP contribution in [0, 0.1) is 0 Å². The van der Waals surface area contributed by atoms with Gasteiger partial charge < -0.3 is 15.2 Å². The molecule has 0 aliphatic rings. The summed E-state index contributed by atoms with van der Waals surface area (Å²) in [6, 6.07) is 4.99. The van der Waals surface area contributed by atoms with Crippen LogP contribution in [0.1, 0.15) is 5.56 Å². The number of nitrogens with zero attached hydrogens (tertiary/aromatic N) is 2. The number of para-hydroxylation sites is 1. The van der Waals surface area contributed by atoms with Crippen molar-refractivity contribution in [2.45, 2.75) is 6.43 Å². The summed E-state index contributed by atoms with van der Waals surface area (Å²) in [6.07, 6.45) is -1.15. The minimum Gasteiger partial charge on any atom is -0.493 e. The van der Waals surface area contributed by atoms with Gasteiger partial charge in [0.2, 0.25) is 5.13 Å². The Kier molecular flexibility index (Phi) is 5.48. The number of thiazole rings is 1. The fourth-order valence-electron chi connectivity index (χ4n) is 1.59. The van der Waals surface area contributed by atoms with Gasteiger partial charge >= 0.3 is 0 Å². The van der Waals surface area contributed by atoms with Gasteiger partial charge in [0.15, 0.2) is 11.5 Å². The Morgan fingerprint density at radius 3 is 2.95 bits per heavy atom. The molecule has 0 amide bonds. The van der Waals surface area contributed by atoms with E-state index in [4.69, 9.17) is 15.2 Å². The maximum Gasteiger partial charge on any atom is 0.272 e. The Morgan fingerprint density at radius 2 is 2.32 bits per heavy atom. The second kappa shape index (κ2) is 7.55. The van der Waals surface area contributed by atoms with Crippen LogP contribution >= 0.6 is 11.3 Å². The molecule has 0 saturated carbocycles. The molecular weight excluding hydrogens is 314 g/mol. The lowest BCUT2D eigenvalue weighted by Crippen LogP contribution is -2.09. The molecule has 0 fully saturated rings. The number of hydrogen-bond donors (Lipinski definition) is 2. The van der Waals surface area contributed by atoms with E-state index < -0.39 is 13.0 Å². The molecule has 0 atom stereocenters. The number of anilines is 2. The zero-order valence-electron chi connectivity index (χ0n) is 11.6. The third-order valence-corrected chi connectivity index (χ3v) is 3.23. The average molecular weight is 328 g/mol. The third-order valence-electron chi connectivity index (χ3n) is 2.47. The number of halogens is 2. The fourth-order valence-corrected chi connectivity index (χ4v) is 2.14. The Bertz CT molecular complexity index is 649. The number of benzene rings is 1. The molecular formula is C13H14F2N4O2S. The molecule has 0 aliphatic carbocycles. The van der Waals surface area contributed by atoms with Crippen molar-refractivity contribution < 1.29 is 18.3 Å². The molecule has 0 saturated heterocycles. The van der Waals surface area contributed by atoms with Crippen LogP contribution in [-0.2, 0) is 0 Å². The quantitative estimate of drug-likeness (QED) is 0.603. The maximum absolute atomic E-state index is 12.3. The van der Waals surface area contributed by atoms with Crippen molar-refractivity contribution >= 4 is 28.5 Å². The van der Waals surface area contributed by atoms with Crippen LogP contribution in [0.5, 0.6) is 11.5 Å². The first-order chi connectivity index (χ1) is 10.6. The topological polar surface area (TPSA) is 81.8 Å². The van der Waals surface area contributed by atoms with E-state index in [9.17, 15) is 8.78 Å². The van der Waals surface area contributed by atoms with E-state index in [0.717, 1.165) is 0 Å². The van der Waals surface area contributed by atoms with Crippen molar-refractivity contribution in [1.82, 2.24) is 4.98 Å². The summed E-state index contributed by atoms with van der Waals surface area (Å²) in [7, 11) is 1.43. The highest BCUT2D eigenvalue weighted by Gasteiger charge is 2.12. The number of nitrogens with two attached hydrogens (primary N) is 1. The number of alkyl halides is 2. The summed E-state index contributed by atoms with van der Waals surface area (Å²) in [5.74, 6) is 0.947. The molecule has 0 aliphatic heterocycles. The van der Waals surface area contributed by atoms with Gasteiger partial charge in [0, 0.05) is 10.9 Å². The Balaban J connectivity index is 2.14. The number of nitrogen functional groups attached to an aromatic ring is 1. The van der Waals surface area contributed by atoms with E-state index in [2.05, 4.69) is 15.5 Å². The number of hydrazone groups is 1. The van der Waals surface area contributed by atoms with Gasteiger partial charge in [-0.1, -0.05) is 6.07 Å². The standard InChI is InChI=1S/C13H14F2N4O2S/c1-20-9-4-2-3-8(12(9)21-6-10(14)15)5-17-19-13-18-11(16)7-22-13/h2-5,7,10H,6,16H2,1H3,(H,18,19). The van der Waals surface area contributed by atoms with Gasteiger partial charge in [-0.05, 0) is 12.1 Å². The minimum absolute atomic E-state index is 0.203. The van der Waals surface area contributed by atoms with Gasteiger partial charge in [0.25, 0.3) is 6.43 Å². The van der Waals surface area contributed by atoms with Crippen LogP contribution in [-0.4, -0.2) is 31.3 Å². The molecule has 3 N–H and O–H groups in total. The number of aromatic nitrogens is 1. The van der Waals surface area contributed by atoms with Gasteiger partial charge in [-0.3, -0.25) is 5.43 Å². The number of nitrogens with one attached hydrogen (secondary N) is 1. The van der Waals surface area contributed by atoms with Gasteiger partial charge in [-0.25, -0.2) is 13.8 Å². The summed E-state index contributed by atoms with van der Waals surface area (Å²) < 4.78 is 34.9. The van der Waals surface area contributed by atoms with E-state index >= 15 is 0 Å². The fraction of sp³-hybridized carbons (Fsp3) is 0.231. The molecule has 0 unspecified atom stereocenters. The van der Waals surface area contributed by atoms with E-state index in [1.54, 1.807) is 23.6 Å². The lowest BCUT2D eigenvalue weighted by atomic mass is 10.2. The summed E-state index contributed by atoms with van der Waals surface area (Å²) in [6.45, 7) is -0.725. The highest BCUT2D eigenvalue weighted by molar-refractivity contribution is 7.14. The monoisotopic (exact) mass is 328 g/mol. The largest absolute Gasteiger partial charge is 0.493 e. The average Bonchev–Trinajstić information content (AvgIpc) is 2.91. The highest BCUT2D eigenvalue weighted by atomic mass is 32.1. The molecule has 1 aromatic heterocycles. The van der Waals surface area contributed by atoms with E-state index in [1.807, 2.05) is 0 Å². The first kappa shape index (κ1) is 16.0. The van der Waals surface area contributed by atoms with Crippen LogP contribution in [0.25, 0.3) is 0 Å². The summed E-state index contributed by atoms with van der Waals surface area (Å²) >= 11 is 1.29. The summed E-state index contributed by atoms with van der Waals surface area (Å²) in [5.41, 5.74) is 8.68. The Morgan fingerprint density at radius 1 is 1.50 bits per heavy atom. The van der Waals surface area contributed by atoms with Crippen LogP contribution in [0.2, 0.25) is 0 Å². The Labute approximate surface area is 129 Å². The van der Waals surface area contributed by atoms with Gasteiger partial charge in [0.05, 0.1) is 13.3 Å². The normalized spacial score (nSPS) is 11.1. The van der Waals surface area contributed by atoms with Crippen LogP contribution < -0.4 is 20.6 Å². The lowest BCUT2D eigenvalue weighted by molar-refractivity contribution is 0.0804. The molecule has 1 aromatic carbocycles. The smallest absolute Gasteiger partial charge is 0.272 e. The second-order valence-electron chi connectivity index (χ2n) is 4.03. The van der Waals surface area contributed by atoms with E-state index in [1.165, 1.54) is 24.7 Å². The molecule has 22 heavy (non-hydrogen) atoms. The van der Waals surface area contributed by atoms with Crippen LogP contribution in [0.4, 0.5) is 19.7 Å². The summed E-state index contributed by atoms with van der Waals surface area (Å²) in [4.78, 5) is 3.97. The molecule has 0 bridgehead atoms. The summed E-state index contributed by atoms with van der Waals surface area (Å²) in [5, 5.41) is 6.17. The molecule has 1 heterocycles. The van der Waals surface area contributed by atoms with Crippen LogP contribution in [0.15, 0.2) is 28.7 Å². The molecule has 6 nitrogen and oxygen atoms in total. The van der Waals surface area contributed by atoms with E-state index in [-0.39, 0.29) is 5.75 Å². The predicted molar refractivity (Wildman–Crippen MR) is 82.2 cm³/mol. The van der Waals surface area contributed by atoms with Crippen molar-refractivity contribution in [3.8, 4) is 11.5 Å². The molecule has 9 heteroatoms. The second-order valence-corrected chi connectivity index (χ2v) is 4.89. The minimum atomic E-state index is -2.58. The van der Waals surface area contributed by atoms with Gasteiger partial charge in [-0.15, -0.1) is 11.3 Å². The van der Waals surface area contributed by atoms with Crippen LogP contribution in [0.3, 0.4) is 0 Å². The highest BCUT2D eigenvalue weighted by Crippen LogP contribution is 2.30. The first-order valence-corrected chi connectivity index (χ1v) is 7.06. The number of hydrogen-bond acceptors (Lipinski definition) is 7. The molecule has 118 valence electrons. The zero-order chi connectivity index (χ0) is 15.9. The van der Waals surface area contributed by atoms with E-state index in [0.29, 0.717) is 22.3 Å². The van der Waals surface area contributed by atoms with Crippen molar-refractivity contribution in [2.24, 2.45) is 5.10 Å². The molecule has 2 rings (SSSR count). The predicted octanol–water partition coefficient (Wildman–Crippen LogP) is 2.82. The maximum atomic E-state index is 12.3. The van der Waals surface area contributed by atoms with Crippen molar-refractivity contribution in [1.29, 1.82) is 0 Å². The van der Waals surface area contributed by atoms with Crippen molar-refractivity contribution in [3.05, 3.63) is 29.1 Å². The van der Waals surface area contributed by atoms with Gasteiger partial charge in [0.1, 0.15) is 12.4 Å². The Hall–Kier alpha value is -2.42.